The third-order valence-electron chi connectivity index (χ3n) is 11.3. The monoisotopic (exact) mass is 644 g/mol. The molecule has 2 aliphatic carbocycles. The molecular weight excluding hydrogens is 613 g/mol. The maximum Gasteiger partial charge on any atom is 0.238 e. The Morgan fingerprint density at radius 2 is 1.20 bits per heavy atom. The molecule has 5 heteroatoms. The number of fused-ring (bicyclic) bond motifs is 11. The van der Waals surface area contributed by atoms with E-state index in [1.807, 2.05) is 42.5 Å². The van der Waals surface area contributed by atoms with Gasteiger partial charge in [-0.05, 0) is 77.6 Å². The Morgan fingerprint density at radius 3 is 2.08 bits per heavy atom. The van der Waals surface area contributed by atoms with Gasteiger partial charge in [0.1, 0.15) is 11.2 Å². The second-order valence-electron chi connectivity index (χ2n) is 13.9. The first-order chi connectivity index (χ1) is 24.7. The lowest BCUT2D eigenvalue weighted by molar-refractivity contribution is 0.353. The zero-order chi connectivity index (χ0) is 32.8. The van der Waals surface area contributed by atoms with Gasteiger partial charge >= 0.3 is 0 Å². The molecule has 3 aromatic heterocycles. The van der Waals surface area contributed by atoms with Gasteiger partial charge in [0.15, 0.2) is 11.6 Å². The molecule has 0 unspecified atom stereocenters. The predicted octanol–water partition coefficient (Wildman–Crippen LogP) is 11.4. The molecule has 3 heterocycles. The summed E-state index contributed by atoms with van der Waals surface area (Å²) in [5.41, 5.74) is 11.6. The number of benzene rings is 6. The van der Waals surface area contributed by atoms with Crippen LogP contribution in [-0.4, -0.2) is 19.5 Å². The van der Waals surface area contributed by atoms with Crippen molar-refractivity contribution in [2.75, 3.05) is 0 Å². The van der Waals surface area contributed by atoms with Crippen molar-refractivity contribution in [3.8, 4) is 39.9 Å². The summed E-state index contributed by atoms with van der Waals surface area (Å²) < 4.78 is 8.44. The Labute approximate surface area is 288 Å². The predicted molar refractivity (Wildman–Crippen MR) is 202 cm³/mol. The molecule has 1 saturated carbocycles. The van der Waals surface area contributed by atoms with Gasteiger partial charge in [-0.25, -0.2) is 4.98 Å². The third kappa shape index (κ3) is 3.92. The van der Waals surface area contributed by atoms with Crippen molar-refractivity contribution in [2.24, 2.45) is 0 Å². The summed E-state index contributed by atoms with van der Waals surface area (Å²) in [6, 6.07) is 47.4. The minimum atomic E-state index is 0.0435. The number of hydrogen-bond donors (Lipinski definition) is 0. The Hall–Kier alpha value is -6.07. The summed E-state index contributed by atoms with van der Waals surface area (Å²) in [6.07, 6.45) is 6.17. The average molecular weight is 645 g/mol. The largest absolute Gasteiger partial charge is 0.456 e. The SMILES string of the molecule is c1ccc(-c2nc(-c3ccc4oc5ccccc5c4c3)nc(-n3c4ccccc4c4cc5c(cc43)C3(CCCCC3)c3ccccc3-5)n2)cc1. The van der Waals surface area contributed by atoms with Crippen LogP contribution in [-0.2, 0) is 5.41 Å². The van der Waals surface area contributed by atoms with Crippen molar-refractivity contribution in [1.29, 1.82) is 0 Å². The molecular formula is C45H32N4O. The molecule has 6 aromatic carbocycles. The van der Waals surface area contributed by atoms with Crippen LogP contribution in [0.25, 0.3) is 83.6 Å². The van der Waals surface area contributed by atoms with Gasteiger partial charge in [0.05, 0.1) is 11.0 Å². The van der Waals surface area contributed by atoms with E-state index in [0.717, 1.165) is 44.1 Å². The van der Waals surface area contributed by atoms with Crippen LogP contribution in [0.4, 0.5) is 0 Å². The van der Waals surface area contributed by atoms with Crippen LogP contribution < -0.4 is 0 Å². The summed E-state index contributed by atoms with van der Waals surface area (Å²) >= 11 is 0. The number of aromatic nitrogens is 4. The van der Waals surface area contributed by atoms with Gasteiger partial charge < -0.3 is 4.42 Å². The first kappa shape index (κ1) is 27.8. The van der Waals surface area contributed by atoms with E-state index in [4.69, 9.17) is 19.4 Å². The number of hydrogen-bond acceptors (Lipinski definition) is 4. The van der Waals surface area contributed by atoms with E-state index in [0.29, 0.717) is 17.6 Å². The van der Waals surface area contributed by atoms with Gasteiger partial charge in [-0.2, -0.15) is 9.97 Å². The van der Waals surface area contributed by atoms with Crippen LogP contribution in [0, 0.1) is 0 Å². The first-order valence-corrected chi connectivity index (χ1v) is 17.7. The highest BCUT2D eigenvalue weighted by Gasteiger charge is 2.44. The summed E-state index contributed by atoms with van der Waals surface area (Å²) in [7, 11) is 0. The molecule has 1 fully saturated rings. The highest BCUT2D eigenvalue weighted by atomic mass is 16.3. The fourth-order valence-corrected chi connectivity index (χ4v) is 9.00. The van der Waals surface area contributed by atoms with Gasteiger partial charge in [0.2, 0.25) is 5.95 Å². The summed E-state index contributed by atoms with van der Waals surface area (Å²) in [4.78, 5) is 15.6. The normalized spacial score (nSPS) is 15.0. The lowest BCUT2D eigenvalue weighted by atomic mass is 9.68. The number of rotatable bonds is 3. The van der Waals surface area contributed by atoms with Gasteiger partial charge in [-0.1, -0.05) is 110 Å². The molecule has 2 aliphatic rings. The Kier molecular flexibility index (Phi) is 5.83. The molecule has 50 heavy (non-hydrogen) atoms. The molecule has 238 valence electrons. The van der Waals surface area contributed by atoms with E-state index < -0.39 is 0 Å². The fourth-order valence-electron chi connectivity index (χ4n) is 9.00. The zero-order valence-corrected chi connectivity index (χ0v) is 27.4. The van der Waals surface area contributed by atoms with Crippen molar-refractivity contribution in [3.63, 3.8) is 0 Å². The van der Waals surface area contributed by atoms with Crippen LogP contribution >= 0.6 is 0 Å². The molecule has 0 saturated heterocycles. The van der Waals surface area contributed by atoms with E-state index in [1.54, 1.807) is 0 Å². The molecule has 0 bridgehead atoms. The highest BCUT2D eigenvalue weighted by Crippen LogP contribution is 2.57. The summed E-state index contributed by atoms with van der Waals surface area (Å²) in [6.45, 7) is 0. The molecule has 1 spiro atoms. The third-order valence-corrected chi connectivity index (χ3v) is 11.3. The highest BCUT2D eigenvalue weighted by molar-refractivity contribution is 6.11. The van der Waals surface area contributed by atoms with E-state index in [2.05, 4.69) is 95.6 Å². The lowest BCUT2D eigenvalue weighted by Crippen LogP contribution is -2.28. The van der Waals surface area contributed by atoms with E-state index in [1.165, 1.54) is 65.1 Å². The van der Waals surface area contributed by atoms with Crippen LogP contribution in [0.15, 0.2) is 138 Å². The van der Waals surface area contributed by atoms with Gasteiger partial charge in [0, 0.05) is 38.1 Å². The number of furan rings is 1. The number of para-hydroxylation sites is 2. The van der Waals surface area contributed by atoms with Crippen molar-refractivity contribution in [1.82, 2.24) is 19.5 Å². The molecule has 0 atom stereocenters. The fraction of sp³-hybridized carbons (Fsp3) is 0.133. The van der Waals surface area contributed by atoms with Crippen LogP contribution in [0.3, 0.4) is 0 Å². The maximum atomic E-state index is 6.17. The second kappa shape index (κ2) is 10.5. The second-order valence-corrected chi connectivity index (χ2v) is 13.9. The minimum absolute atomic E-state index is 0.0435. The Morgan fingerprint density at radius 1 is 0.480 bits per heavy atom. The molecule has 0 amide bonds. The first-order valence-electron chi connectivity index (χ1n) is 17.7. The maximum absolute atomic E-state index is 6.17. The van der Waals surface area contributed by atoms with Crippen LogP contribution in [0.5, 0.6) is 0 Å². The zero-order valence-electron chi connectivity index (χ0n) is 27.4. The Bertz CT molecular complexity index is 2800. The van der Waals surface area contributed by atoms with Gasteiger partial charge in [-0.15, -0.1) is 0 Å². The van der Waals surface area contributed by atoms with Crippen molar-refractivity contribution >= 4 is 43.7 Å². The summed E-state index contributed by atoms with van der Waals surface area (Å²) in [5.74, 6) is 1.89. The van der Waals surface area contributed by atoms with E-state index >= 15 is 0 Å². The lowest BCUT2D eigenvalue weighted by Gasteiger charge is -2.36. The molecule has 11 rings (SSSR count). The average Bonchev–Trinajstić information content (AvgIpc) is 3.80. The van der Waals surface area contributed by atoms with Crippen LogP contribution in [0.2, 0.25) is 0 Å². The standard InChI is InChI=1S/C45H32N4O/c1-3-13-28(14-4-1)42-46-43(29-21-22-41-35(25-29)32-17-7-10-20-40(32)50-41)48-44(47-42)49-38-19-9-6-16-31(38)34-26-33-30-15-5-8-18-36(30)45(23-11-2-12-24-45)37(33)27-39(34)49/h1,3-10,13-22,25-27H,2,11-12,23-24H2. The molecule has 5 nitrogen and oxygen atoms in total. The summed E-state index contributed by atoms with van der Waals surface area (Å²) in [5, 5.41) is 4.54. The van der Waals surface area contributed by atoms with E-state index in [-0.39, 0.29) is 5.41 Å². The Balaban J connectivity index is 1.20. The van der Waals surface area contributed by atoms with Gasteiger partial charge in [-0.3, -0.25) is 4.57 Å². The van der Waals surface area contributed by atoms with E-state index in [9.17, 15) is 0 Å². The molecule has 0 aliphatic heterocycles. The molecule has 0 N–H and O–H groups in total. The van der Waals surface area contributed by atoms with Crippen molar-refractivity contribution in [3.05, 3.63) is 145 Å². The molecule has 0 radical (unpaired) electrons. The number of nitrogens with zero attached hydrogens (tertiary/aromatic N) is 4. The smallest absolute Gasteiger partial charge is 0.238 e. The van der Waals surface area contributed by atoms with Crippen LogP contribution in [0.1, 0.15) is 43.2 Å². The topological polar surface area (TPSA) is 56.7 Å². The van der Waals surface area contributed by atoms with Crippen molar-refractivity contribution in [2.45, 2.75) is 37.5 Å². The molecule has 9 aromatic rings. The minimum Gasteiger partial charge on any atom is -0.456 e. The van der Waals surface area contributed by atoms with Crippen molar-refractivity contribution < 1.29 is 4.42 Å². The quantitative estimate of drug-likeness (QED) is 0.192. The van der Waals surface area contributed by atoms with Gasteiger partial charge in [0.25, 0.3) is 0 Å².